The van der Waals surface area contributed by atoms with Crippen LogP contribution < -0.4 is 16.6 Å². The Kier molecular flexibility index (Phi) is 5.32. The number of hydrogen-bond donors (Lipinski definition) is 3. The normalized spacial score (nSPS) is 11.4. The van der Waals surface area contributed by atoms with Crippen molar-refractivity contribution in [2.75, 3.05) is 5.32 Å². The fourth-order valence-electron chi connectivity index (χ4n) is 2.68. The predicted octanol–water partition coefficient (Wildman–Crippen LogP) is 2.71. The number of amides is 2. The summed E-state index contributed by atoms with van der Waals surface area (Å²) in [6, 6.07) is 6.13. The van der Waals surface area contributed by atoms with Crippen molar-refractivity contribution in [3.63, 3.8) is 0 Å². The summed E-state index contributed by atoms with van der Waals surface area (Å²) in [5.41, 5.74) is 6.38. The van der Waals surface area contributed by atoms with Gasteiger partial charge < -0.3 is 16.0 Å². The molecule has 0 aliphatic carbocycles. The first kappa shape index (κ1) is 19.4. The van der Waals surface area contributed by atoms with E-state index >= 15 is 0 Å². The summed E-state index contributed by atoms with van der Waals surface area (Å²) >= 11 is 5.96. The van der Waals surface area contributed by atoms with Gasteiger partial charge in [0, 0.05) is 28.8 Å². The van der Waals surface area contributed by atoms with Crippen LogP contribution in [0.25, 0.3) is 17.1 Å². The summed E-state index contributed by atoms with van der Waals surface area (Å²) in [5.74, 6) is -1.11. The van der Waals surface area contributed by atoms with E-state index in [0.717, 1.165) is 5.39 Å². The maximum absolute atomic E-state index is 12.3. The van der Waals surface area contributed by atoms with E-state index < -0.39 is 11.8 Å². The van der Waals surface area contributed by atoms with Gasteiger partial charge in [-0.15, -0.1) is 0 Å². The number of benzene rings is 1. The number of nitrogens with one attached hydrogen (secondary N) is 2. The van der Waals surface area contributed by atoms with Crippen LogP contribution in [0.2, 0.25) is 5.02 Å². The van der Waals surface area contributed by atoms with E-state index in [-0.39, 0.29) is 22.2 Å². The van der Waals surface area contributed by atoms with E-state index in [1.165, 1.54) is 30.4 Å². The monoisotopic (exact) mass is 399 g/mol. The van der Waals surface area contributed by atoms with Gasteiger partial charge in [0.05, 0.1) is 16.8 Å². The number of nitrogens with two attached hydrogens (primary N) is 1. The maximum Gasteiger partial charge on any atom is 0.256 e. The highest BCUT2D eigenvalue weighted by Crippen LogP contribution is 2.21. The summed E-state index contributed by atoms with van der Waals surface area (Å²) < 4.78 is 1.72. The third-order valence-electron chi connectivity index (χ3n) is 4.03. The Balaban J connectivity index is 1.79. The van der Waals surface area contributed by atoms with E-state index in [2.05, 4.69) is 15.4 Å². The largest absolute Gasteiger partial charge is 0.366 e. The zero-order chi connectivity index (χ0) is 20.4. The first-order chi connectivity index (χ1) is 13.3. The lowest BCUT2D eigenvalue weighted by Crippen LogP contribution is -2.14. The molecule has 2 amide bonds. The molecule has 3 rings (SSSR count). The number of anilines is 1. The first-order valence-electron chi connectivity index (χ1n) is 8.45. The smallest absolute Gasteiger partial charge is 0.256 e. The Labute approximate surface area is 165 Å². The minimum Gasteiger partial charge on any atom is -0.366 e. The minimum absolute atomic E-state index is 0.105. The molecule has 2 aromatic heterocycles. The van der Waals surface area contributed by atoms with Gasteiger partial charge in [0.2, 0.25) is 11.8 Å². The van der Waals surface area contributed by atoms with Gasteiger partial charge in [-0.05, 0) is 44.2 Å². The molecular formula is C19H18ClN5O3. The molecule has 9 heteroatoms. The second kappa shape index (κ2) is 7.69. The van der Waals surface area contributed by atoms with Crippen LogP contribution in [0.5, 0.6) is 0 Å². The van der Waals surface area contributed by atoms with Crippen molar-refractivity contribution in [2.24, 2.45) is 5.73 Å². The number of hydrogen-bond acceptors (Lipinski definition) is 4. The van der Waals surface area contributed by atoms with E-state index in [0.29, 0.717) is 16.9 Å². The van der Waals surface area contributed by atoms with Gasteiger partial charge in [-0.3, -0.25) is 14.4 Å². The molecule has 0 bridgehead atoms. The number of fused-ring (bicyclic) bond motifs is 1. The molecule has 0 unspecified atom stereocenters. The van der Waals surface area contributed by atoms with Gasteiger partial charge in [0.25, 0.3) is 5.56 Å². The number of H-pyrrole nitrogens is 1. The van der Waals surface area contributed by atoms with Crippen LogP contribution in [0.3, 0.4) is 0 Å². The fourth-order valence-corrected chi connectivity index (χ4v) is 2.95. The molecule has 0 radical (unpaired) electrons. The van der Waals surface area contributed by atoms with Crippen molar-refractivity contribution in [2.45, 2.75) is 19.9 Å². The zero-order valence-electron chi connectivity index (χ0n) is 15.2. The van der Waals surface area contributed by atoms with E-state index in [1.807, 2.05) is 13.8 Å². The number of pyridine rings is 1. The molecular weight excluding hydrogens is 382 g/mol. The number of aromatic amines is 1. The molecule has 0 saturated carbocycles. The Morgan fingerprint density at radius 3 is 2.71 bits per heavy atom. The molecule has 28 heavy (non-hydrogen) atoms. The summed E-state index contributed by atoms with van der Waals surface area (Å²) in [6.07, 6.45) is 4.31. The van der Waals surface area contributed by atoms with Gasteiger partial charge >= 0.3 is 0 Å². The summed E-state index contributed by atoms with van der Waals surface area (Å²) in [5, 5.41) is 7.76. The van der Waals surface area contributed by atoms with E-state index in [9.17, 15) is 14.4 Å². The molecule has 0 aliphatic rings. The van der Waals surface area contributed by atoms with Gasteiger partial charge in [0.15, 0.2) is 0 Å². The number of nitrogens with zero attached hydrogens (tertiary/aromatic N) is 2. The molecule has 144 valence electrons. The van der Waals surface area contributed by atoms with Crippen LogP contribution in [-0.2, 0) is 4.79 Å². The summed E-state index contributed by atoms with van der Waals surface area (Å²) in [4.78, 5) is 38.4. The number of rotatable bonds is 5. The van der Waals surface area contributed by atoms with Gasteiger partial charge in [0.1, 0.15) is 5.65 Å². The number of carbonyl (C=O) groups excluding carboxylic acids is 2. The molecule has 0 atom stereocenters. The number of primary amides is 1. The fraction of sp³-hybridized carbons (Fsp3) is 0.158. The highest BCUT2D eigenvalue weighted by atomic mass is 35.5. The molecule has 8 nitrogen and oxygen atoms in total. The molecule has 0 saturated heterocycles. The molecule has 0 spiro atoms. The van der Waals surface area contributed by atoms with Crippen molar-refractivity contribution in [1.82, 2.24) is 14.8 Å². The highest BCUT2D eigenvalue weighted by Gasteiger charge is 2.10. The number of carbonyl (C=O) groups is 2. The van der Waals surface area contributed by atoms with Crippen molar-refractivity contribution in [1.29, 1.82) is 0 Å². The predicted molar refractivity (Wildman–Crippen MR) is 108 cm³/mol. The molecule has 2 heterocycles. The lowest BCUT2D eigenvalue weighted by Gasteiger charge is -2.06. The minimum atomic E-state index is -0.654. The van der Waals surface area contributed by atoms with Crippen molar-refractivity contribution in [3.05, 3.63) is 63.0 Å². The summed E-state index contributed by atoms with van der Waals surface area (Å²) in [6.45, 7) is 3.93. The Hall–Kier alpha value is -3.39. The number of halogens is 1. The summed E-state index contributed by atoms with van der Waals surface area (Å²) in [7, 11) is 0. The quantitative estimate of drug-likeness (QED) is 0.570. The molecule has 0 aliphatic heterocycles. The van der Waals surface area contributed by atoms with Gasteiger partial charge in [-0.2, -0.15) is 5.10 Å². The Bertz CT molecular complexity index is 1160. The van der Waals surface area contributed by atoms with Crippen LogP contribution in [0.15, 0.2) is 41.3 Å². The van der Waals surface area contributed by atoms with Crippen LogP contribution in [0.1, 0.15) is 35.8 Å². The van der Waals surface area contributed by atoms with Crippen LogP contribution >= 0.6 is 11.6 Å². The van der Waals surface area contributed by atoms with Gasteiger partial charge in [-0.25, -0.2) is 4.68 Å². The van der Waals surface area contributed by atoms with E-state index in [4.69, 9.17) is 17.3 Å². The lowest BCUT2D eigenvalue weighted by molar-refractivity contribution is -0.111. The molecule has 1 aromatic carbocycles. The number of aromatic nitrogens is 3. The topological polar surface area (TPSA) is 123 Å². The average Bonchev–Trinajstić information content (AvgIpc) is 3.02. The SMILES string of the molecule is CC(C)n1ncc2cc(/C=C/C(=O)Nc3ccc(C(N)=O)c(Cl)c3)c(=O)[nH]c21. The lowest BCUT2D eigenvalue weighted by atomic mass is 10.2. The standard InChI is InChI=1S/C19H18ClN5O3/c1-10(2)25-18-12(9-22-25)7-11(19(28)24-18)3-6-16(26)23-13-4-5-14(17(21)27)15(20)8-13/h3-10H,1-2H3,(H2,21,27)(H,23,26)(H,24,28)/b6-3+. The first-order valence-corrected chi connectivity index (χ1v) is 8.83. The molecule has 0 fully saturated rings. The highest BCUT2D eigenvalue weighted by molar-refractivity contribution is 6.34. The van der Waals surface area contributed by atoms with Gasteiger partial charge in [-0.1, -0.05) is 11.6 Å². The van der Waals surface area contributed by atoms with E-state index in [1.54, 1.807) is 16.9 Å². The van der Waals surface area contributed by atoms with Crippen LogP contribution in [0.4, 0.5) is 5.69 Å². The maximum atomic E-state index is 12.3. The second-order valence-corrected chi connectivity index (χ2v) is 6.83. The van der Waals surface area contributed by atoms with Crippen molar-refractivity contribution < 1.29 is 9.59 Å². The second-order valence-electron chi connectivity index (χ2n) is 6.42. The third kappa shape index (κ3) is 3.96. The Morgan fingerprint density at radius 1 is 1.32 bits per heavy atom. The average molecular weight is 400 g/mol. The van der Waals surface area contributed by atoms with Crippen molar-refractivity contribution >= 4 is 46.2 Å². The van der Waals surface area contributed by atoms with Crippen LogP contribution in [0, 0.1) is 0 Å². The molecule has 4 N–H and O–H groups in total. The third-order valence-corrected chi connectivity index (χ3v) is 4.35. The Morgan fingerprint density at radius 2 is 2.07 bits per heavy atom. The van der Waals surface area contributed by atoms with Crippen LogP contribution in [-0.4, -0.2) is 26.6 Å². The zero-order valence-corrected chi connectivity index (χ0v) is 15.9. The van der Waals surface area contributed by atoms with Crippen molar-refractivity contribution in [3.8, 4) is 0 Å². The molecule has 3 aromatic rings.